The molecule has 2 aliphatic rings. The van der Waals surface area contributed by atoms with Gasteiger partial charge in [0.1, 0.15) is 5.82 Å². The molecule has 2 aromatic carbocycles. The van der Waals surface area contributed by atoms with E-state index in [0.29, 0.717) is 69.4 Å². The molecule has 42 heavy (non-hydrogen) atoms. The highest BCUT2D eigenvalue weighted by Gasteiger charge is 2.71. The van der Waals surface area contributed by atoms with Crippen molar-refractivity contribution in [2.45, 2.75) is 81.6 Å². The highest BCUT2D eigenvalue weighted by Crippen LogP contribution is 2.50. The number of alkyl halides is 6. The first-order chi connectivity index (χ1) is 19.7. The lowest BCUT2D eigenvalue weighted by Gasteiger charge is -2.33. The van der Waals surface area contributed by atoms with Gasteiger partial charge in [-0.3, -0.25) is 4.90 Å². The van der Waals surface area contributed by atoms with Crippen LogP contribution in [0, 0.1) is 11.7 Å². The van der Waals surface area contributed by atoms with E-state index in [0.717, 1.165) is 30.5 Å². The minimum absolute atomic E-state index is 0.0651. The smallest absolute Gasteiger partial charge is 0.393 e. The van der Waals surface area contributed by atoms with Crippen molar-refractivity contribution in [1.82, 2.24) is 10.2 Å². The van der Waals surface area contributed by atoms with Crippen molar-refractivity contribution in [3.63, 3.8) is 0 Å². The molecule has 1 saturated heterocycles. The van der Waals surface area contributed by atoms with Crippen molar-refractivity contribution in [3.8, 4) is 0 Å². The van der Waals surface area contributed by atoms with Crippen molar-refractivity contribution >= 4 is 11.7 Å². The van der Waals surface area contributed by atoms with Gasteiger partial charge in [0.25, 0.3) is 5.60 Å². The number of piperidine rings is 1. The van der Waals surface area contributed by atoms with Crippen molar-refractivity contribution < 1.29 is 45.7 Å². The largest absolute Gasteiger partial charge is 0.430 e. The van der Waals surface area contributed by atoms with E-state index in [2.05, 4.69) is 10.6 Å². The number of urea groups is 1. The van der Waals surface area contributed by atoms with Gasteiger partial charge in [0.2, 0.25) is 0 Å². The first-order valence-corrected chi connectivity index (χ1v) is 13.9. The number of rotatable bonds is 7. The number of carbonyl (C=O) groups is 1. The highest BCUT2D eigenvalue weighted by molar-refractivity contribution is 5.89. The van der Waals surface area contributed by atoms with Crippen LogP contribution in [0.3, 0.4) is 0 Å². The van der Waals surface area contributed by atoms with Crippen LogP contribution in [0.15, 0.2) is 42.5 Å². The number of nitrogens with one attached hydrogen (secondary N) is 2. The number of carbonyl (C=O) groups excluding carboxylic acids is 1. The van der Waals surface area contributed by atoms with Gasteiger partial charge >= 0.3 is 18.4 Å². The van der Waals surface area contributed by atoms with Gasteiger partial charge in [-0.2, -0.15) is 26.3 Å². The third-order valence-electron chi connectivity index (χ3n) is 8.14. The van der Waals surface area contributed by atoms with Gasteiger partial charge in [-0.25, -0.2) is 9.18 Å². The second-order valence-corrected chi connectivity index (χ2v) is 11.2. The summed E-state index contributed by atoms with van der Waals surface area (Å²) in [5.41, 5.74) is -4.88. The molecule has 1 aliphatic carbocycles. The molecule has 1 aliphatic heterocycles. The van der Waals surface area contributed by atoms with E-state index < -0.39 is 35.4 Å². The summed E-state index contributed by atoms with van der Waals surface area (Å²) in [4.78, 5) is 14.3. The molecular weight excluding hydrogens is 571 g/mol. The summed E-state index contributed by atoms with van der Waals surface area (Å²) in [5.74, 6) is -0.300. The predicted molar refractivity (Wildman–Crippen MR) is 141 cm³/mol. The summed E-state index contributed by atoms with van der Waals surface area (Å²) in [7, 11) is 0. The Morgan fingerprint density at radius 1 is 0.857 bits per heavy atom. The van der Waals surface area contributed by atoms with E-state index in [1.165, 1.54) is 12.1 Å². The number of hydrogen-bond donors (Lipinski definition) is 4. The third-order valence-corrected chi connectivity index (χ3v) is 8.14. The Morgan fingerprint density at radius 2 is 1.43 bits per heavy atom. The molecule has 4 rings (SSSR count). The number of benzene rings is 2. The van der Waals surface area contributed by atoms with Gasteiger partial charge in [-0.15, -0.1) is 0 Å². The van der Waals surface area contributed by atoms with Gasteiger partial charge in [0.15, 0.2) is 0 Å². The maximum Gasteiger partial charge on any atom is 0.430 e. The summed E-state index contributed by atoms with van der Waals surface area (Å²) < 4.78 is 93.4. The van der Waals surface area contributed by atoms with Crippen LogP contribution in [0.4, 0.5) is 41.2 Å². The van der Waals surface area contributed by atoms with Crippen molar-refractivity contribution in [2.75, 3.05) is 18.4 Å². The van der Waals surface area contributed by atoms with Gasteiger partial charge in [-0.05, 0) is 87.2 Å². The Morgan fingerprint density at radius 3 is 1.98 bits per heavy atom. The Balaban J connectivity index is 1.25. The van der Waals surface area contributed by atoms with Crippen LogP contribution in [-0.4, -0.2) is 58.7 Å². The number of hydrogen-bond acceptors (Lipinski definition) is 4. The second-order valence-electron chi connectivity index (χ2n) is 11.2. The summed E-state index contributed by atoms with van der Waals surface area (Å²) in [6, 6.07) is 7.72. The topological polar surface area (TPSA) is 84.8 Å². The zero-order valence-electron chi connectivity index (χ0n) is 22.7. The SMILES string of the molecule is O=C(Nc1ccc(CC2CCN(Cc3ccc(C(O)(C(F)(F)F)C(F)(F)F)cc3)CC2)cc1F)N[C@H]1CC[C@@H](O)CC1. The van der Waals surface area contributed by atoms with Crippen LogP contribution >= 0.6 is 0 Å². The molecule has 13 heteroatoms. The maximum absolute atomic E-state index is 14.7. The molecule has 0 radical (unpaired) electrons. The number of halogens is 7. The van der Waals surface area contributed by atoms with Gasteiger partial charge in [-0.1, -0.05) is 30.3 Å². The normalized spacial score (nSPS) is 21.3. The zero-order valence-corrected chi connectivity index (χ0v) is 22.7. The van der Waals surface area contributed by atoms with Gasteiger partial charge < -0.3 is 20.8 Å². The first kappa shape index (κ1) is 32.0. The second kappa shape index (κ2) is 12.8. The average Bonchev–Trinajstić information content (AvgIpc) is 2.91. The molecule has 2 aromatic rings. The molecule has 0 spiro atoms. The lowest BCUT2D eigenvalue weighted by molar-refractivity contribution is -0.376. The van der Waals surface area contributed by atoms with Crippen molar-refractivity contribution in [3.05, 3.63) is 65.0 Å². The minimum Gasteiger partial charge on any atom is -0.393 e. The summed E-state index contributed by atoms with van der Waals surface area (Å²) >= 11 is 0. The van der Waals surface area contributed by atoms with E-state index in [4.69, 9.17) is 0 Å². The fraction of sp³-hybridized carbons (Fsp3) is 0.552. The van der Waals surface area contributed by atoms with Crippen molar-refractivity contribution in [1.29, 1.82) is 0 Å². The molecule has 2 fully saturated rings. The molecule has 0 unspecified atom stereocenters. The van der Waals surface area contributed by atoms with Crippen LogP contribution in [0.25, 0.3) is 0 Å². The summed E-state index contributed by atoms with van der Waals surface area (Å²) in [6.07, 6.45) is -7.50. The first-order valence-electron chi connectivity index (χ1n) is 13.9. The number of nitrogens with zero attached hydrogens (tertiary/aromatic N) is 1. The molecule has 4 N–H and O–H groups in total. The number of aliphatic hydroxyl groups excluding tert-OH is 1. The zero-order chi connectivity index (χ0) is 30.7. The monoisotopic (exact) mass is 605 g/mol. The Kier molecular flexibility index (Phi) is 9.73. The van der Waals surface area contributed by atoms with E-state index >= 15 is 0 Å². The number of aliphatic hydroxyl groups is 2. The molecule has 1 saturated carbocycles. The van der Waals surface area contributed by atoms with E-state index in [1.807, 2.05) is 4.90 Å². The van der Waals surface area contributed by atoms with E-state index in [9.17, 15) is 45.7 Å². The van der Waals surface area contributed by atoms with Crippen LogP contribution in [0.5, 0.6) is 0 Å². The molecule has 0 bridgehead atoms. The molecular formula is C29H34F7N3O3. The molecule has 0 aromatic heterocycles. The summed E-state index contributed by atoms with van der Waals surface area (Å²) in [5, 5.41) is 24.5. The fourth-order valence-corrected chi connectivity index (χ4v) is 5.63. The van der Waals surface area contributed by atoms with Gasteiger partial charge in [0.05, 0.1) is 11.8 Å². The number of amides is 2. The third kappa shape index (κ3) is 7.54. The van der Waals surface area contributed by atoms with Crippen LogP contribution in [0.2, 0.25) is 0 Å². The molecule has 2 amide bonds. The summed E-state index contributed by atoms with van der Waals surface area (Å²) in [6.45, 7) is 1.60. The fourth-order valence-electron chi connectivity index (χ4n) is 5.63. The van der Waals surface area contributed by atoms with Crippen molar-refractivity contribution in [2.24, 2.45) is 5.92 Å². The lowest BCUT2D eigenvalue weighted by Crippen LogP contribution is -2.53. The maximum atomic E-state index is 14.7. The lowest BCUT2D eigenvalue weighted by atomic mass is 9.89. The number of likely N-dealkylation sites (tertiary alicyclic amines) is 1. The Hall–Kier alpha value is -2.90. The van der Waals surface area contributed by atoms with E-state index in [-0.39, 0.29) is 23.8 Å². The minimum atomic E-state index is -5.93. The van der Waals surface area contributed by atoms with Crippen LogP contribution < -0.4 is 10.6 Å². The Labute approximate surface area is 238 Å². The highest BCUT2D eigenvalue weighted by atomic mass is 19.4. The molecule has 0 atom stereocenters. The number of anilines is 1. The van der Waals surface area contributed by atoms with Crippen LogP contribution in [-0.2, 0) is 18.6 Å². The Bertz CT molecular complexity index is 1190. The van der Waals surface area contributed by atoms with E-state index in [1.54, 1.807) is 6.07 Å². The van der Waals surface area contributed by atoms with Crippen LogP contribution in [0.1, 0.15) is 55.2 Å². The van der Waals surface area contributed by atoms with Gasteiger partial charge in [0, 0.05) is 18.2 Å². The average molecular weight is 606 g/mol. The predicted octanol–water partition coefficient (Wildman–Crippen LogP) is 6.02. The quantitative estimate of drug-likeness (QED) is 0.291. The molecule has 1 heterocycles. The molecule has 232 valence electrons. The molecule has 6 nitrogen and oxygen atoms in total. The standard InChI is InChI=1S/C29H34F7N3O3/c30-24-16-20(3-10-25(24)38-26(41)37-22-6-8-23(40)9-7-22)15-18-11-13-39(14-12-18)17-19-1-4-21(5-2-19)27(42,28(31,32)33)29(34,35)36/h1-5,10,16,18,22-23,40,42H,6-9,11-15,17H2,(H2,37,38,41)/t22-,23+.